The molecule has 41 heavy (non-hydrogen) atoms. The van der Waals surface area contributed by atoms with Gasteiger partial charge in [0.2, 0.25) is 0 Å². The fraction of sp³-hybridized carbons (Fsp3) is 0.333. The zero-order chi connectivity index (χ0) is 28.8. The molecule has 0 radical (unpaired) electrons. The third-order valence-corrected chi connectivity index (χ3v) is 8.05. The van der Waals surface area contributed by atoms with Crippen molar-refractivity contribution >= 4 is 17.2 Å². The quantitative estimate of drug-likeness (QED) is 0.360. The van der Waals surface area contributed by atoms with Crippen LogP contribution >= 0.6 is 0 Å². The Bertz CT molecular complexity index is 1390. The van der Waals surface area contributed by atoms with E-state index in [0.29, 0.717) is 30.9 Å². The molecule has 2 aromatic carbocycles. The van der Waals surface area contributed by atoms with Gasteiger partial charge in [0.05, 0.1) is 5.56 Å². The fourth-order valence-electron chi connectivity index (χ4n) is 5.58. The molecule has 1 fully saturated rings. The highest BCUT2D eigenvalue weighted by Gasteiger charge is 2.31. The minimum atomic E-state index is -4.34. The maximum Gasteiger partial charge on any atom is 0.416 e. The number of benzene rings is 2. The van der Waals surface area contributed by atoms with Gasteiger partial charge in [-0.25, -0.2) is 0 Å². The lowest BCUT2D eigenvalue weighted by Gasteiger charge is -2.36. The standard InChI is InChI=1S/C33H35F3N4O/c1-24-10-11-27(22-38-32(41)26-12-14-37-15-13-26)31(25-6-3-2-4-7-25)20-28(24)23-39-16-18-40(19-17-39)30-9-5-8-29(21-30)33(34,35)36/h2-9,12-15,20-21,27H,10-11,16-19,22-23H2,1H3,(H,38,41). The molecule has 0 bridgehead atoms. The molecule has 2 heterocycles. The molecule has 8 heteroatoms. The van der Waals surface area contributed by atoms with Gasteiger partial charge in [-0.1, -0.05) is 48.0 Å². The summed E-state index contributed by atoms with van der Waals surface area (Å²) in [6.45, 7) is 6.40. The number of amides is 1. The minimum absolute atomic E-state index is 0.104. The van der Waals surface area contributed by atoms with E-state index in [4.69, 9.17) is 0 Å². The summed E-state index contributed by atoms with van der Waals surface area (Å²) in [5.41, 5.74) is 5.58. The molecular weight excluding hydrogens is 525 g/mol. The van der Waals surface area contributed by atoms with Crippen molar-refractivity contribution in [3.8, 4) is 0 Å². The van der Waals surface area contributed by atoms with Gasteiger partial charge in [-0.3, -0.25) is 14.7 Å². The molecule has 0 spiro atoms. The second kappa shape index (κ2) is 12.7. The van der Waals surface area contributed by atoms with Crippen LogP contribution in [-0.4, -0.2) is 55.1 Å². The number of pyridine rings is 1. The normalized spacial score (nSPS) is 18.6. The largest absolute Gasteiger partial charge is 0.416 e. The summed E-state index contributed by atoms with van der Waals surface area (Å²) < 4.78 is 39.6. The van der Waals surface area contributed by atoms with Crippen molar-refractivity contribution in [2.45, 2.75) is 25.9 Å². The van der Waals surface area contributed by atoms with Crippen molar-refractivity contribution in [1.82, 2.24) is 15.2 Å². The van der Waals surface area contributed by atoms with Crippen molar-refractivity contribution in [1.29, 1.82) is 0 Å². The molecule has 214 valence electrons. The Balaban J connectivity index is 1.28. The maximum absolute atomic E-state index is 13.2. The molecule has 1 unspecified atom stereocenters. The predicted octanol–water partition coefficient (Wildman–Crippen LogP) is 6.46. The minimum Gasteiger partial charge on any atom is -0.369 e. The van der Waals surface area contributed by atoms with E-state index >= 15 is 0 Å². The fourth-order valence-corrected chi connectivity index (χ4v) is 5.58. The first-order valence-electron chi connectivity index (χ1n) is 14.1. The van der Waals surface area contributed by atoms with Crippen molar-refractivity contribution in [2.75, 3.05) is 44.2 Å². The number of hydrogen-bond donors (Lipinski definition) is 1. The van der Waals surface area contributed by atoms with Gasteiger partial charge in [-0.2, -0.15) is 13.2 Å². The van der Waals surface area contributed by atoms with Crippen molar-refractivity contribution in [3.05, 3.63) is 113 Å². The summed E-state index contributed by atoms with van der Waals surface area (Å²) in [7, 11) is 0. The molecule has 5 rings (SSSR count). The van der Waals surface area contributed by atoms with E-state index in [1.807, 2.05) is 23.1 Å². The van der Waals surface area contributed by atoms with Crippen LogP contribution in [0.25, 0.3) is 5.57 Å². The van der Waals surface area contributed by atoms with Gasteiger partial charge in [-0.05, 0) is 66.8 Å². The lowest BCUT2D eigenvalue weighted by molar-refractivity contribution is -0.137. The Kier molecular flexibility index (Phi) is 8.88. The first kappa shape index (κ1) is 28.6. The second-order valence-corrected chi connectivity index (χ2v) is 10.8. The molecule has 5 nitrogen and oxygen atoms in total. The smallest absolute Gasteiger partial charge is 0.369 e. The molecule has 1 N–H and O–H groups in total. The van der Waals surface area contributed by atoms with Gasteiger partial charge >= 0.3 is 6.18 Å². The summed E-state index contributed by atoms with van der Waals surface area (Å²) in [6, 6.07) is 19.4. The third kappa shape index (κ3) is 7.24. The monoisotopic (exact) mass is 560 g/mol. The van der Waals surface area contributed by atoms with Gasteiger partial charge in [0.1, 0.15) is 0 Å². The molecule has 1 aliphatic heterocycles. The SMILES string of the molecule is CC1=C(CN2CCN(c3cccc(C(F)(F)F)c3)CC2)C=C(c2ccccc2)C(CNC(=O)c2ccncc2)CC1. The van der Waals surface area contributed by atoms with Crippen molar-refractivity contribution < 1.29 is 18.0 Å². The van der Waals surface area contributed by atoms with Crippen LogP contribution in [0.1, 0.15) is 41.3 Å². The van der Waals surface area contributed by atoms with Crippen molar-refractivity contribution in [2.24, 2.45) is 5.92 Å². The summed E-state index contributed by atoms with van der Waals surface area (Å²) in [5, 5.41) is 3.13. The van der Waals surface area contributed by atoms with Crippen LogP contribution in [0, 0.1) is 5.92 Å². The van der Waals surface area contributed by atoms with E-state index in [-0.39, 0.29) is 11.8 Å². The van der Waals surface area contributed by atoms with Gasteiger partial charge in [-0.15, -0.1) is 0 Å². The lowest BCUT2D eigenvalue weighted by atomic mass is 9.89. The number of allylic oxidation sites excluding steroid dienone is 1. The lowest BCUT2D eigenvalue weighted by Crippen LogP contribution is -2.47. The number of nitrogens with zero attached hydrogens (tertiary/aromatic N) is 3. The van der Waals surface area contributed by atoms with E-state index in [2.05, 4.69) is 40.3 Å². The van der Waals surface area contributed by atoms with Crippen molar-refractivity contribution in [3.63, 3.8) is 0 Å². The molecule has 3 aromatic rings. The van der Waals surface area contributed by atoms with E-state index in [1.54, 1.807) is 30.6 Å². The average Bonchev–Trinajstić information content (AvgIpc) is 3.15. The van der Waals surface area contributed by atoms with E-state index in [0.717, 1.165) is 44.1 Å². The number of halogens is 3. The number of rotatable bonds is 7. The van der Waals surface area contributed by atoms with Crippen LogP contribution in [0.3, 0.4) is 0 Å². The number of anilines is 1. The second-order valence-electron chi connectivity index (χ2n) is 10.8. The van der Waals surface area contributed by atoms with Crippen LogP contribution in [0.2, 0.25) is 0 Å². The Labute approximate surface area is 239 Å². The molecule has 1 saturated heterocycles. The van der Waals surface area contributed by atoms with Crippen LogP contribution in [-0.2, 0) is 6.18 Å². The molecule has 2 aliphatic rings. The summed E-state index contributed by atoms with van der Waals surface area (Å²) in [4.78, 5) is 21.2. The van der Waals surface area contributed by atoms with Gasteiger partial charge < -0.3 is 10.2 Å². The predicted molar refractivity (Wildman–Crippen MR) is 157 cm³/mol. The highest BCUT2D eigenvalue weighted by atomic mass is 19.4. The maximum atomic E-state index is 13.2. The van der Waals surface area contributed by atoms with Gasteiger partial charge in [0.25, 0.3) is 5.91 Å². The Morgan fingerprint density at radius 1 is 0.976 bits per heavy atom. The van der Waals surface area contributed by atoms with Gasteiger partial charge in [0.15, 0.2) is 0 Å². The number of carbonyl (C=O) groups excluding carboxylic acids is 1. The number of carbonyl (C=O) groups is 1. The highest BCUT2D eigenvalue weighted by Crippen LogP contribution is 2.35. The summed E-state index contributed by atoms with van der Waals surface area (Å²) in [5.74, 6) is 0.0565. The highest BCUT2D eigenvalue weighted by molar-refractivity contribution is 5.94. The molecule has 1 aliphatic carbocycles. The molecule has 0 saturated carbocycles. The molecular formula is C33H35F3N4O. The van der Waals surface area contributed by atoms with Crippen LogP contribution in [0.4, 0.5) is 18.9 Å². The Morgan fingerprint density at radius 2 is 1.71 bits per heavy atom. The number of piperazine rings is 1. The average molecular weight is 561 g/mol. The Morgan fingerprint density at radius 3 is 2.41 bits per heavy atom. The number of hydrogen-bond acceptors (Lipinski definition) is 4. The summed E-state index contributed by atoms with van der Waals surface area (Å²) >= 11 is 0. The van der Waals surface area contributed by atoms with E-state index < -0.39 is 11.7 Å². The van der Waals surface area contributed by atoms with Crippen LogP contribution in [0.15, 0.2) is 96.3 Å². The Hall–Kier alpha value is -3.91. The number of aromatic nitrogens is 1. The third-order valence-electron chi connectivity index (χ3n) is 8.05. The zero-order valence-corrected chi connectivity index (χ0v) is 23.2. The van der Waals surface area contributed by atoms with E-state index in [9.17, 15) is 18.0 Å². The first-order chi connectivity index (χ1) is 19.8. The van der Waals surface area contributed by atoms with Crippen LogP contribution < -0.4 is 10.2 Å². The summed E-state index contributed by atoms with van der Waals surface area (Å²) in [6.07, 6.45) is 3.06. The topological polar surface area (TPSA) is 48.5 Å². The van der Waals surface area contributed by atoms with Crippen LogP contribution in [0.5, 0.6) is 0 Å². The first-order valence-corrected chi connectivity index (χ1v) is 14.1. The number of nitrogens with one attached hydrogen (secondary N) is 1. The van der Waals surface area contributed by atoms with E-state index in [1.165, 1.54) is 28.9 Å². The molecule has 1 aromatic heterocycles. The molecule has 1 amide bonds. The molecule has 1 atom stereocenters. The van der Waals surface area contributed by atoms with Gasteiger partial charge in [0, 0.05) is 68.8 Å². The number of alkyl halides is 3. The zero-order valence-electron chi connectivity index (χ0n) is 23.2.